The van der Waals surface area contributed by atoms with Crippen molar-refractivity contribution in [3.63, 3.8) is 0 Å². The quantitative estimate of drug-likeness (QED) is 0.586. The third-order valence-electron chi connectivity index (χ3n) is 4.95. The predicted molar refractivity (Wildman–Crippen MR) is 110 cm³/mol. The number of hydrogen-bond donors (Lipinski definition) is 0. The summed E-state index contributed by atoms with van der Waals surface area (Å²) in [6, 6.07) is 3.27. The highest BCUT2D eigenvalue weighted by Crippen LogP contribution is 2.17. The molecule has 1 saturated heterocycles. The second-order valence-corrected chi connectivity index (χ2v) is 9.73. The van der Waals surface area contributed by atoms with Crippen LogP contribution in [0.2, 0.25) is 0 Å². The number of aromatic nitrogens is 4. The highest BCUT2D eigenvalue weighted by molar-refractivity contribution is 7.93. The van der Waals surface area contributed by atoms with Crippen molar-refractivity contribution in [3.05, 3.63) is 47.4 Å². The van der Waals surface area contributed by atoms with E-state index in [9.17, 15) is 13.8 Å². The molecule has 1 atom stereocenters. The van der Waals surface area contributed by atoms with Gasteiger partial charge in [-0.3, -0.25) is 9.59 Å². The van der Waals surface area contributed by atoms with Crippen LogP contribution in [0.3, 0.4) is 0 Å². The molecule has 12 heteroatoms. The molecule has 0 aromatic carbocycles. The number of nitrogens with zero attached hydrogens (tertiary/aromatic N) is 6. The minimum Gasteiger partial charge on any atom is -0.459 e. The van der Waals surface area contributed by atoms with Crippen LogP contribution in [0.15, 0.2) is 33.5 Å². The van der Waals surface area contributed by atoms with Crippen molar-refractivity contribution >= 4 is 27.3 Å². The number of rotatable bonds is 4. The normalized spacial score (nSPS) is 19.4. The van der Waals surface area contributed by atoms with Crippen molar-refractivity contribution in [2.45, 2.75) is 20.0 Å². The van der Waals surface area contributed by atoms with E-state index in [-0.39, 0.29) is 36.3 Å². The summed E-state index contributed by atoms with van der Waals surface area (Å²) in [5, 5.41) is 4.07. The minimum absolute atomic E-state index is 0.0302. The predicted octanol–water partition coefficient (Wildman–Crippen LogP) is 1.33. The lowest BCUT2D eigenvalue weighted by atomic mass is 10.2. The number of amides is 2. The van der Waals surface area contributed by atoms with E-state index in [0.29, 0.717) is 35.7 Å². The maximum absolute atomic E-state index is 13.3. The van der Waals surface area contributed by atoms with Crippen LogP contribution in [0.5, 0.6) is 0 Å². The molecule has 2 amide bonds. The molecule has 11 nitrogen and oxygen atoms in total. The van der Waals surface area contributed by atoms with Gasteiger partial charge < -0.3 is 14.1 Å². The summed E-state index contributed by atoms with van der Waals surface area (Å²) >= 11 is 0. The van der Waals surface area contributed by atoms with Gasteiger partial charge in [-0.15, -0.1) is 0 Å². The molecule has 4 heterocycles. The summed E-state index contributed by atoms with van der Waals surface area (Å²) in [5.74, 6) is -0.248. The first-order valence-corrected chi connectivity index (χ1v) is 11.5. The van der Waals surface area contributed by atoms with Crippen LogP contribution in [0.4, 0.5) is 0 Å². The fourth-order valence-corrected chi connectivity index (χ4v) is 5.33. The van der Waals surface area contributed by atoms with Gasteiger partial charge in [-0.2, -0.15) is 19.0 Å². The lowest BCUT2D eigenvalue weighted by Crippen LogP contribution is -2.35. The fraction of sp³-hybridized carbons (Fsp3) is 0.421. The zero-order chi connectivity index (χ0) is 22.0. The van der Waals surface area contributed by atoms with Gasteiger partial charge in [0.05, 0.1) is 22.6 Å². The van der Waals surface area contributed by atoms with Crippen molar-refractivity contribution < 1.29 is 23.0 Å². The molecule has 3 aromatic rings. The van der Waals surface area contributed by atoms with E-state index in [1.165, 1.54) is 24.2 Å². The molecule has 4 rings (SSSR count). The smallest absolute Gasteiger partial charge is 0.321 e. The number of ether oxygens (including phenoxy) is 1. The molecular formula is C19H22N6O5S. The molecular weight excluding hydrogens is 424 g/mol. The van der Waals surface area contributed by atoms with Gasteiger partial charge in [-0.25, -0.2) is 9.19 Å². The summed E-state index contributed by atoms with van der Waals surface area (Å²) in [7, 11) is -1.33. The van der Waals surface area contributed by atoms with Gasteiger partial charge in [0.25, 0.3) is 11.7 Å². The Labute approximate surface area is 178 Å². The Balaban J connectivity index is 1.55. The Bertz CT molecular complexity index is 1260. The summed E-state index contributed by atoms with van der Waals surface area (Å²) < 4.78 is 28.9. The lowest BCUT2D eigenvalue weighted by molar-refractivity contribution is 0.0759. The Morgan fingerprint density at radius 2 is 2.16 bits per heavy atom. The second kappa shape index (κ2) is 8.55. The van der Waals surface area contributed by atoms with Gasteiger partial charge in [-0.05, 0) is 25.5 Å². The summed E-state index contributed by atoms with van der Waals surface area (Å²) in [4.78, 5) is 35.6. The van der Waals surface area contributed by atoms with Gasteiger partial charge in [0, 0.05) is 43.0 Å². The molecule has 0 saturated carbocycles. The third-order valence-corrected chi connectivity index (χ3v) is 7.19. The van der Waals surface area contributed by atoms with Crippen LogP contribution < -0.4 is 0 Å². The van der Waals surface area contributed by atoms with Crippen molar-refractivity contribution in [2.24, 2.45) is 4.36 Å². The monoisotopic (exact) mass is 446 g/mol. The van der Waals surface area contributed by atoms with Crippen LogP contribution in [0, 0.1) is 6.92 Å². The van der Waals surface area contributed by atoms with Crippen LogP contribution in [-0.4, -0.2) is 72.2 Å². The third kappa shape index (κ3) is 4.35. The summed E-state index contributed by atoms with van der Waals surface area (Å²) in [6.07, 6.45) is 3.17. The van der Waals surface area contributed by atoms with Crippen molar-refractivity contribution in [1.82, 2.24) is 24.5 Å². The molecule has 3 aromatic heterocycles. The maximum atomic E-state index is 13.3. The second-order valence-electron chi connectivity index (χ2n) is 7.19. The molecule has 1 aliphatic heterocycles. The number of carbonyl (C=O) groups excluding carboxylic acids is 2. The van der Waals surface area contributed by atoms with E-state index in [0.717, 1.165) is 0 Å². The Hall–Kier alpha value is -3.12. The van der Waals surface area contributed by atoms with Crippen LogP contribution >= 0.6 is 0 Å². The van der Waals surface area contributed by atoms with Gasteiger partial charge in [0.15, 0.2) is 5.76 Å². The Morgan fingerprint density at radius 3 is 2.97 bits per heavy atom. The molecule has 0 N–H and O–H groups in total. The summed E-state index contributed by atoms with van der Waals surface area (Å²) in [6.45, 7) is 2.57. The number of methoxy groups -OCH3 is 1. The first kappa shape index (κ1) is 21.1. The van der Waals surface area contributed by atoms with Crippen LogP contribution in [-0.2, 0) is 21.1 Å². The van der Waals surface area contributed by atoms with Gasteiger partial charge in [-0.1, -0.05) is 0 Å². The van der Waals surface area contributed by atoms with Gasteiger partial charge in [0.1, 0.15) is 12.0 Å². The SMILES string of the molecule is COCc1ccoc1C(=O)N=S1(=O)CCCN(C(=O)c2cc(C)nc3ncnn23)CC1. The van der Waals surface area contributed by atoms with E-state index in [2.05, 4.69) is 19.4 Å². The van der Waals surface area contributed by atoms with Crippen LogP contribution in [0.25, 0.3) is 5.78 Å². The molecule has 0 aliphatic carbocycles. The minimum atomic E-state index is -2.84. The van der Waals surface area contributed by atoms with Crippen LogP contribution in [0.1, 0.15) is 38.7 Å². The van der Waals surface area contributed by atoms with E-state index >= 15 is 0 Å². The first-order chi connectivity index (χ1) is 14.9. The van der Waals surface area contributed by atoms with Crippen molar-refractivity contribution in [1.29, 1.82) is 0 Å². The first-order valence-electron chi connectivity index (χ1n) is 9.69. The van der Waals surface area contributed by atoms with E-state index in [1.54, 1.807) is 24.0 Å². The topological polar surface area (TPSA) is 132 Å². The summed E-state index contributed by atoms with van der Waals surface area (Å²) in [5.41, 5.74) is 1.53. The molecule has 1 fully saturated rings. The number of furan rings is 1. The average Bonchev–Trinajstić information content (AvgIpc) is 3.34. The largest absolute Gasteiger partial charge is 0.459 e. The number of aryl methyl sites for hydroxylation is 1. The zero-order valence-electron chi connectivity index (χ0n) is 17.2. The molecule has 0 bridgehead atoms. The number of fused-ring (bicyclic) bond motifs is 1. The fourth-order valence-electron chi connectivity index (χ4n) is 3.47. The Morgan fingerprint density at radius 1 is 1.32 bits per heavy atom. The lowest BCUT2D eigenvalue weighted by Gasteiger charge is -2.20. The molecule has 0 radical (unpaired) electrons. The highest BCUT2D eigenvalue weighted by atomic mass is 32.2. The molecule has 1 unspecified atom stereocenters. The maximum Gasteiger partial charge on any atom is 0.321 e. The van der Waals surface area contributed by atoms with Crippen molar-refractivity contribution in [2.75, 3.05) is 31.7 Å². The highest BCUT2D eigenvalue weighted by Gasteiger charge is 2.26. The number of hydrogen-bond acceptors (Lipinski definition) is 8. The number of carbonyl (C=O) groups is 2. The zero-order valence-corrected chi connectivity index (χ0v) is 18.0. The molecule has 164 valence electrons. The van der Waals surface area contributed by atoms with Gasteiger partial charge in [0.2, 0.25) is 0 Å². The Kier molecular flexibility index (Phi) is 5.83. The van der Waals surface area contributed by atoms with Crippen molar-refractivity contribution in [3.8, 4) is 0 Å². The van der Waals surface area contributed by atoms with E-state index in [4.69, 9.17) is 9.15 Å². The molecule has 0 spiro atoms. The molecule has 1 aliphatic rings. The van der Waals surface area contributed by atoms with E-state index in [1.807, 2.05) is 0 Å². The van der Waals surface area contributed by atoms with E-state index < -0.39 is 15.6 Å². The standard InChI is InChI=1S/C19H22N6O5S/c1-13-10-15(25-19(22-13)20-12-21-25)18(27)24-5-3-8-31(28,9-6-24)23-17(26)16-14(11-29-2)4-7-30-16/h4,7,10,12H,3,5-6,8-9,11H2,1-2H3. The average molecular weight is 446 g/mol. The van der Waals surface area contributed by atoms with Gasteiger partial charge >= 0.3 is 5.91 Å². The molecule has 31 heavy (non-hydrogen) atoms.